The van der Waals surface area contributed by atoms with E-state index in [4.69, 9.17) is 15.4 Å². The van der Waals surface area contributed by atoms with Crippen LogP contribution in [0.15, 0.2) is 0 Å². The summed E-state index contributed by atoms with van der Waals surface area (Å²) in [6.45, 7) is 3.74. The van der Waals surface area contributed by atoms with E-state index in [9.17, 15) is 8.42 Å². The second kappa shape index (κ2) is 14.2. The van der Waals surface area contributed by atoms with Crippen molar-refractivity contribution in [3.8, 4) is 0 Å². The van der Waals surface area contributed by atoms with Crippen LogP contribution in [0, 0.1) is 0 Å². The summed E-state index contributed by atoms with van der Waals surface area (Å²) in [5.74, 6) is -1.25. The number of rotatable bonds is 12. The second-order valence-corrected chi connectivity index (χ2v) is 8.03. The van der Waals surface area contributed by atoms with Crippen LogP contribution in [0.3, 0.4) is 0 Å². The van der Waals surface area contributed by atoms with E-state index in [1.165, 1.54) is 56.8 Å². The lowest BCUT2D eigenvalue weighted by atomic mass is 10.1. The molecule has 0 saturated heterocycles. The van der Waals surface area contributed by atoms with Gasteiger partial charge in [-0.05, 0) is 27.4 Å². The molecule has 0 aliphatic heterocycles. The molecule has 0 bridgehead atoms. The third-order valence-corrected chi connectivity index (χ3v) is 4.47. The molecule has 0 aromatic heterocycles. The molecule has 0 aromatic carbocycles. The van der Waals surface area contributed by atoms with E-state index >= 15 is 0 Å². The summed E-state index contributed by atoms with van der Waals surface area (Å²) in [6.07, 6.45) is 11.7. The van der Waals surface area contributed by atoms with Gasteiger partial charge in [0, 0.05) is 0 Å². The molecule has 1 atom stereocenters. The molecular formula is C16H38N2O4S. The molecule has 0 rings (SSSR count). The van der Waals surface area contributed by atoms with E-state index < -0.39 is 16.0 Å². The monoisotopic (exact) mass is 354 g/mol. The number of nitrogens with two attached hydrogens (primary N) is 1. The molecule has 6 nitrogen and oxygen atoms in total. The molecule has 0 aliphatic rings. The van der Waals surface area contributed by atoms with Gasteiger partial charge in [0.2, 0.25) is 0 Å². The van der Waals surface area contributed by atoms with Gasteiger partial charge in [0.1, 0.15) is 0 Å². The average molecular weight is 355 g/mol. The van der Waals surface area contributed by atoms with E-state index in [0.29, 0.717) is 6.42 Å². The maximum atomic E-state index is 10.4. The van der Waals surface area contributed by atoms with Gasteiger partial charge < -0.3 is 5.11 Å². The van der Waals surface area contributed by atoms with Crippen LogP contribution < -0.4 is 5.73 Å². The quantitative estimate of drug-likeness (QED) is 0.283. The van der Waals surface area contributed by atoms with Gasteiger partial charge in [-0.1, -0.05) is 64.7 Å². The van der Waals surface area contributed by atoms with Crippen molar-refractivity contribution in [1.82, 2.24) is 4.90 Å². The first-order valence-corrected chi connectivity index (χ1v) is 10.3. The van der Waals surface area contributed by atoms with Gasteiger partial charge in [0.25, 0.3) is 10.1 Å². The molecule has 23 heavy (non-hydrogen) atoms. The van der Waals surface area contributed by atoms with Crippen molar-refractivity contribution in [2.24, 2.45) is 5.73 Å². The van der Waals surface area contributed by atoms with Crippen molar-refractivity contribution in [1.29, 1.82) is 0 Å². The van der Waals surface area contributed by atoms with Crippen LogP contribution in [0.1, 0.15) is 78.1 Å². The van der Waals surface area contributed by atoms with E-state index in [2.05, 4.69) is 6.92 Å². The van der Waals surface area contributed by atoms with E-state index in [-0.39, 0.29) is 5.75 Å². The lowest BCUT2D eigenvalue weighted by molar-refractivity contribution is -0.0596. The smallest absolute Gasteiger partial charge is 0.264 e. The summed E-state index contributed by atoms with van der Waals surface area (Å²) < 4.78 is 29.4. The Morgan fingerprint density at radius 3 is 1.48 bits per heavy atom. The fraction of sp³-hybridized carbons (Fsp3) is 1.00. The van der Waals surface area contributed by atoms with Crippen molar-refractivity contribution in [2.45, 2.75) is 83.9 Å². The highest BCUT2D eigenvalue weighted by Crippen LogP contribution is 2.10. The molecule has 0 radical (unpaired) electrons. The first kappa shape index (κ1) is 25.0. The van der Waals surface area contributed by atoms with Gasteiger partial charge in [-0.3, -0.25) is 15.2 Å². The van der Waals surface area contributed by atoms with Crippen molar-refractivity contribution in [3.05, 3.63) is 0 Å². The molecule has 0 aromatic rings. The summed E-state index contributed by atoms with van der Waals surface area (Å²) in [5, 5.41) is 8.80. The van der Waals surface area contributed by atoms with Gasteiger partial charge >= 0.3 is 0 Å². The van der Waals surface area contributed by atoms with Crippen LogP contribution in [0.2, 0.25) is 0 Å². The summed E-state index contributed by atoms with van der Waals surface area (Å²) >= 11 is 0. The number of aliphatic hydroxyl groups is 1. The normalized spacial score (nSPS) is 14.3. The SMILES string of the molecule is CCCCCCCCCCCCS(=O)(=O)O.CN(C)C(C)(N)O. The maximum Gasteiger partial charge on any atom is 0.264 e. The Balaban J connectivity index is 0. The fourth-order valence-corrected chi connectivity index (χ4v) is 2.34. The standard InChI is InChI=1S/C12H26O3S.C4H12N2O/c1-2-3-4-5-6-7-8-9-10-11-12-16(13,14)15;1-4(5,7)6(2)3/h2-12H2,1H3,(H,13,14,15);7H,5H2,1-3H3. The van der Waals surface area contributed by atoms with Crippen LogP contribution in [-0.2, 0) is 10.1 Å². The molecule has 0 saturated carbocycles. The second-order valence-electron chi connectivity index (χ2n) is 6.46. The minimum atomic E-state index is -3.73. The lowest BCUT2D eigenvalue weighted by Gasteiger charge is -2.24. The Hall–Kier alpha value is -0.210. The largest absolute Gasteiger partial charge is 0.363 e. The topological polar surface area (TPSA) is 104 Å². The molecule has 0 heterocycles. The zero-order valence-electron chi connectivity index (χ0n) is 15.4. The Kier molecular flexibility index (Phi) is 15.4. The van der Waals surface area contributed by atoms with Crippen LogP contribution in [0.5, 0.6) is 0 Å². The number of unbranched alkanes of at least 4 members (excludes halogenated alkanes) is 9. The summed E-state index contributed by atoms with van der Waals surface area (Å²) in [7, 11) is -0.315. The highest BCUT2D eigenvalue weighted by molar-refractivity contribution is 7.85. The third-order valence-electron chi connectivity index (χ3n) is 3.66. The molecule has 4 N–H and O–H groups in total. The van der Waals surface area contributed by atoms with E-state index in [0.717, 1.165) is 12.8 Å². The number of nitrogens with zero attached hydrogens (tertiary/aromatic N) is 1. The predicted molar refractivity (Wildman–Crippen MR) is 96.8 cm³/mol. The molecule has 0 aliphatic carbocycles. The van der Waals surface area contributed by atoms with Crippen LogP contribution in [0.4, 0.5) is 0 Å². The zero-order chi connectivity index (χ0) is 18.4. The molecule has 0 amide bonds. The van der Waals surface area contributed by atoms with Gasteiger partial charge in [-0.25, -0.2) is 0 Å². The van der Waals surface area contributed by atoms with Gasteiger partial charge in [0.05, 0.1) is 5.75 Å². The Bertz CT molecular complexity index is 352. The summed E-state index contributed by atoms with van der Waals surface area (Å²) in [5.41, 5.74) is 5.16. The minimum Gasteiger partial charge on any atom is -0.363 e. The fourth-order valence-electron chi connectivity index (χ4n) is 1.77. The zero-order valence-corrected chi connectivity index (χ0v) is 16.2. The number of hydrogen-bond donors (Lipinski definition) is 3. The highest BCUT2D eigenvalue weighted by Gasteiger charge is 2.13. The molecule has 0 fully saturated rings. The maximum absolute atomic E-state index is 10.4. The van der Waals surface area contributed by atoms with Crippen molar-refractivity contribution >= 4 is 10.1 Å². The van der Waals surface area contributed by atoms with Gasteiger partial charge in [-0.2, -0.15) is 8.42 Å². The molecular weight excluding hydrogens is 316 g/mol. The lowest BCUT2D eigenvalue weighted by Crippen LogP contribution is -2.49. The minimum absolute atomic E-state index is 0.0799. The molecule has 142 valence electrons. The van der Waals surface area contributed by atoms with Gasteiger partial charge in [-0.15, -0.1) is 0 Å². The van der Waals surface area contributed by atoms with E-state index in [1.807, 2.05) is 0 Å². The Labute approximate surface area is 143 Å². The third kappa shape index (κ3) is 24.2. The molecule has 7 heteroatoms. The van der Waals surface area contributed by atoms with Crippen LogP contribution in [0.25, 0.3) is 0 Å². The highest BCUT2D eigenvalue weighted by atomic mass is 32.2. The first-order valence-electron chi connectivity index (χ1n) is 8.64. The van der Waals surface area contributed by atoms with Gasteiger partial charge in [0.15, 0.2) is 5.85 Å². The van der Waals surface area contributed by atoms with E-state index in [1.54, 1.807) is 14.1 Å². The molecule has 0 spiro atoms. The molecule has 1 unspecified atom stereocenters. The average Bonchev–Trinajstić information content (AvgIpc) is 2.39. The summed E-state index contributed by atoms with van der Waals surface area (Å²) in [6, 6.07) is 0. The van der Waals surface area contributed by atoms with Crippen molar-refractivity contribution < 1.29 is 18.1 Å². The van der Waals surface area contributed by atoms with Crippen molar-refractivity contribution in [3.63, 3.8) is 0 Å². The Morgan fingerprint density at radius 1 is 0.913 bits per heavy atom. The van der Waals surface area contributed by atoms with Crippen molar-refractivity contribution in [2.75, 3.05) is 19.8 Å². The van der Waals surface area contributed by atoms with Crippen LogP contribution >= 0.6 is 0 Å². The first-order chi connectivity index (χ1) is 10.5. The number of hydrogen-bond acceptors (Lipinski definition) is 5. The van der Waals surface area contributed by atoms with Crippen LogP contribution in [-0.4, -0.2) is 48.7 Å². The predicted octanol–water partition coefficient (Wildman–Crippen LogP) is 2.97. The Morgan fingerprint density at radius 2 is 1.22 bits per heavy atom. The summed E-state index contributed by atoms with van der Waals surface area (Å²) in [4.78, 5) is 1.52.